The molecule has 2 aromatic rings. The van der Waals surface area contributed by atoms with Crippen molar-refractivity contribution in [1.82, 2.24) is 5.32 Å². The highest BCUT2D eigenvalue weighted by atomic mass is 32.2. The van der Waals surface area contributed by atoms with E-state index in [2.05, 4.69) is 5.32 Å². The predicted molar refractivity (Wildman–Crippen MR) is 104 cm³/mol. The lowest BCUT2D eigenvalue weighted by Gasteiger charge is -2.14. The van der Waals surface area contributed by atoms with Crippen LogP contribution in [0.2, 0.25) is 0 Å². The summed E-state index contributed by atoms with van der Waals surface area (Å²) in [7, 11) is 0. The molecule has 1 atom stereocenters. The first-order chi connectivity index (χ1) is 12.6. The molecule has 26 heavy (non-hydrogen) atoms. The second-order valence-electron chi connectivity index (χ2n) is 5.53. The smallest absolute Gasteiger partial charge is 0.251 e. The second kappa shape index (κ2) is 10.1. The number of benzene rings is 2. The number of carbonyl (C=O) groups excluding carboxylic acids is 1. The lowest BCUT2D eigenvalue weighted by atomic mass is 10.1. The van der Waals surface area contributed by atoms with Gasteiger partial charge >= 0.3 is 0 Å². The number of thioether (sulfide) groups is 1. The summed E-state index contributed by atoms with van der Waals surface area (Å²) in [4.78, 5) is 13.5. The fourth-order valence-electron chi connectivity index (χ4n) is 2.43. The Kier molecular flexibility index (Phi) is 7.81. The van der Waals surface area contributed by atoms with Gasteiger partial charge in [0.25, 0.3) is 5.91 Å². The summed E-state index contributed by atoms with van der Waals surface area (Å²) in [5.41, 5.74) is 1.23. The Morgan fingerprint density at radius 3 is 2.35 bits per heavy atom. The van der Waals surface area contributed by atoms with Crippen molar-refractivity contribution >= 4 is 17.7 Å². The molecule has 1 amide bonds. The van der Waals surface area contributed by atoms with Gasteiger partial charge in [-0.25, -0.2) is 0 Å². The van der Waals surface area contributed by atoms with Crippen LogP contribution >= 0.6 is 11.8 Å². The summed E-state index contributed by atoms with van der Waals surface area (Å²) in [6, 6.07) is 12.7. The van der Waals surface area contributed by atoms with Crippen molar-refractivity contribution in [3.8, 4) is 11.5 Å². The molecule has 0 aromatic heterocycles. The van der Waals surface area contributed by atoms with Crippen molar-refractivity contribution in [1.29, 1.82) is 0 Å². The molecule has 5 nitrogen and oxygen atoms in total. The van der Waals surface area contributed by atoms with Crippen molar-refractivity contribution in [3.63, 3.8) is 0 Å². The molecule has 2 rings (SSSR count). The van der Waals surface area contributed by atoms with Gasteiger partial charge in [-0.15, -0.1) is 11.8 Å². The number of hydrogen-bond donors (Lipinski definition) is 2. The summed E-state index contributed by atoms with van der Waals surface area (Å²) >= 11 is 1.64. The monoisotopic (exact) mass is 375 g/mol. The van der Waals surface area contributed by atoms with Crippen LogP contribution in [0.5, 0.6) is 11.5 Å². The normalized spacial score (nSPS) is 11.7. The topological polar surface area (TPSA) is 67.8 Å². The number of carbonyl (C=O) groups is 1. The number of rotatable bonds is 9. The SMILES string of the molecule is CCOc1ccc(C(=O)NCC(O)c2ccc(SC)cc2)cc1OCC. The summed E-state index contributed by atoms with van der Waals surface area (Å²) in [5, 5.41) is 13.0. The van der Waals surface area contributed by atoms with Crippen LogP contribution in [0, 0.1) is 0 Å². The Hall–Kier alpha value is -2.18. The zero-order valence-corrected chi connectivity index (χ0v) is 16.1. The molecule has 0 radical (unpaired) electrons. The molecular formula is C20H25NO4S. The molecule has 0 heterocycles. The summed E-state index contributed by atoms with van der Waals surface area (Å²) in [5.74, 6) is 0.879. The molecule has 1 unspecified atom stereocenters. The molecule has 0 saturated heterocycles. The maximum Gasteiger partial charge on any atom is 0.251 e. The van der Waals surface area contributed by atoms with Crippen molar-refractivity contribution < 1.29 is 19.4 Å². The van der Waals surface area contributed by atoms with Gasteiger partial charge in [-0.1, -0.05) is 12.1 Å². The predicted octanol–water partition coefficient (Wildman–Crippen LogP) is 3.67. The number of amides is 1. The standard InChI is InChI=1S/C20H25NO4S/c1-4-24-18-11-8-15(12-19(18)25-5-2)20(23)21-13-17(22)14-6-9-16(26-3)10-7-14/h6-12,17,22H,4-5,13H2,1-3H3,(H,21,23). The number of aliphatic hydroxyl groups is 1. The minimum atomic E-state index is -0.760. The van der Waals surface area contributed by atoms with Crippen molar-refractivity contribution in [3.05, 3.63) is 53.6 Å². The third-order valence-electron chi connectivity index (χ3n) is 3.76. The number of nitrogens with one attached hydrogen (secondary N) is 1. The van der Waals surface area contributed by atoms with Crippen LogP contribution < -0.4 is 14.8 Å². The minimum absolute atomic E-state index is 0.134. The van der Waals surface area contributed by atoms with Crippen LogP contribution in [0.4, 0.5) is 0 Å². The van der Waals surface area contributed by atoms with Crippen molar-refractivity contribution in [2.45, 2.75) is 24.8 Å². The van der Waals surface area contributed by atoms with Crippen molar-refractivity contribution in [2.24, 2.45) is 0 Å². The molecule has 0 aliphatic carbocycles. The first kappa shape index (κ1) is 20.1. The van der Waals surface area contributed by atoms with E-state index in [0.29, 0.717) is 30.3 Å². The number of aliphatic hydroxyl groups excluding tert-OH is 1. The fourth-order valence-corrected chi connectivity index (χ4v) is 2.84. The van der Waals surface area contributed by atoms with Crippen LogP contribution in [0.3, 0.4) is 0 Å². The average Bonchev–Trinajstić information content (AvgIpc) is 2.67. The molecule has 140 valence electrons. The molecular weight excluding hydrogens is 350 g/mol. The van der Waals surface area contributed by atoms with Gasteiger partial charge in [0.15, 0.2) is 11.5 Å². The Balaban J connectivity index is 2.00. The van der Waals surface area contributed by atoms with Gasteiger partial charge in [0.1, 0.15) is 0 Å². The van der Waals surface area contributed by atoms with Crippen LogP contribution in [0.25, 0.3) is 0 Å². The van der Waals surface area contributed by atoms with E-state index in [1.54, 1.807) is 30.0 Å². The summed E-state index contributed by atoms with van der Waals surface area (Å²) < 4.78 is 11.0. The van der Waals surface area contributed by atoms with Gasteiger partial charge in [-0.3, -0.25) is 4.79 Å². The largest absolute Gasteiger partial charge is 0.490 e. The maximum absolute atomic E-state index is 12.4. The van der Waals surface area contributed by atoms with Gasteiger partial charge in [-0.2, -0.15) is 0 Å². The van der Waals surface area contributed by atoms with Gasteiger partial charge in [0, 0.05) is 17.0 Å². The molecule has 2 N–H and O–H groups in total. The van der Waals surface area contributed by atoms with Crippen LogP contribution in [0.1, 0.15) is 35.9 Å². The highest BCUT2D eigenvalue weighted by Gasteiger charge is 2.14. The van der Waals surface area contributed by atoms with Gasteiger partial charge in [0.2, 0.25) is 0 Å². The summed E-state index contributed by atoms with van der Waals surface area (Å²) in [6.07, 6.45) is 1.24. The van der Waals surface area contributed by atoms with E-state index in [1.165, 1.54) is 0 Å². The molecule has 6 heteroatoms. The lowest BCUT2D eigenvalue weighted by Crippen LogP contribution is -2.28. The Morgan fingerprint density at radius 2 is 1.73 bits per heavy atom. The number of hydrogen-bond acceptors (Lipinski definition) is 5. The minimum Gasteiger partial charge on any atom is -0.490 e. The van der Waals surface area contributed by atoms with E-state index in [1.807, 2.05) is 44.4 Å². The first-order valence-electron chi connectivity index (χ1n) is 8.58. The third-order valence-corrected chi connectivity index (χ3v) is 4.51. The molecule has 0 aliphatic heterocycles. The number of ether oxygens (including phenoxy) is 2. The third kappa shape index (κ3) is 5.41. The maximum atomic E-state index is 12.4. The highest BCUT2D eigenvalue weighted by Crippen LogP contribution is 2.28. The van der Waals surface area contributed by atoms with E-state index in [-0.39, 0.29) is 12.5 Å². The van der Waals surface area contributed by atoms with Crippen LogP contribution in [-0.2, 0) is 0 Å². The van der Waals surface area contributed by atoms with E-state index < -0.39 is 6.10 Å². The molecule has 0 spiro atoms. The Morgan fingerprint density at radius 1 is 1.08 bits per heavy atom. The molecule has 0 fully saturated rings. The fraction of sp³-hybridized carbons (Fsp3) is 0.350. The average molecular weight is 375 g/mol. The van der Waals surface area contributed by atoms with Gasteiger partial charge in [0.05, 0.1) is 19.3 Å². The van der Waals surface area contributed by atoms with Crippen LogP contribution in [0.15, 0.2) is 47.4 Å². The highest BCUT2D eigenvalue weighted by molar-refractivity contribution is 7.98. The van der Waals surface area contributed by atoms with Gasteiger partial charge < -0.3 is 19.9 Å². The van der Waals surface area contributed by atoms with E-state index in [0.717, 1.165) is 10.5 Å². The lowest BCUT2D eigenvalue weighted by molar-refractivity contribution is 0.0915. The molecule has 0 saturated carbocycles. The molecule has 0 bridgehead atoms. The molecule has 0 aliphatic rings. The van der Waals surface area contributed by atoms with E-state index in [9.17, 15) is 9.90 Å². The Labute approximate surface area is 158 Å². The second-order valence-corrected chi connectivity index (χ2v) is 6.41. The molecule has 2 aromatic carbocycles. The van der Waals surface area contributed by atoms with E-state index >= 15 is 0 Å². The van der Waals surface area contributed by atoms with Crippen LogP contribution in [-0.4, -0.2) is 37.0 Å². The zero-order valence-electron chi connectivity index (χ0n) is 15.3. The Bertz CT molecular complexity index is 718. The van der Waals surface area contributed by atoms with Crippen molar-refractivity contribution in [2.75, 3.05) is 26.0 Å². The first-order valence-corrected chi connectivity index (χ1v) is 9.81. The zero-order chi connectivity index (χ0) is 18.9. The van der Waals surface area contributed by atoms with E-state index in [4.69, 9.17) is 9.47 Å². The van der Waals surface area contributed by atoms with Gasteiger partial charge in [-0.05, 0) is 56.0 Å². The quantitative estimate of drug-likeness (QED) is 0.655. The summed E-state index contributed by atoms with van der Waals surface area (Å²) in [6.45, 7) is 4.91.